The number of hydrogen-bond acceptors (Lipinski definition) is 3. The summed E-state index contributed by atoms with van der Waals surface area (Å²) in [6.45, 7) is 1.82. The van der Waals surface area contributed by atoms with Crippen molar-refractivity contribution in [1.82, 2.24) is 9.55 Å². The Bertz CT molecular complexity index is 529. The van der Waals surface area contributed by atoms with Gasteiger partial charge in [0.1, 0.15) is 5.82 Å². The molecule has 0 aromatic carbocycles. The van der Waals surface area contributed by atoms with Crippen molar-refractivity contribution in [3.8, 4) is 0 Å². The molecule has 0 atom stereocenters. The van der Waals surface area contributed by atoms with Crippen LogP contribution in [0.3, 0.4) is 0 Å². The van der Waals surface area contributed by atoms with Crippen LogP contribution in [0, 0.1) is 6.92 Å². The van der Waals surface area contributed by atoms with Gasteiger partial charge in [-0.2, -0.15) is 0 Å². The zero-order chi connectivity index (χ0) is 12.4. The fourth-order valence-electron chi connectivity index (χ4n) is 1.81. The molecule has 2 aromatic heterocycles. The zero-order valence-electron chi connectivity index (χ0n) is 9.80. The highest BCUT2D eigenvalue weighted by Gasteiger charge is 2.17. The van der Waals surface area contributed by atoms with Crippen molar-refractivity contribution >= 4 is 17.3 Å². The monoisotopic (exact) mass is 250 g/mol. The molecular weight excluding hydrogens is 236 g/mol. The van der Waals surface area contributed by atoms with Crippen molar-refractivity contribution in [2.75, 3.05) is 0 Å². The highest BCUT2D eigenvalue weighted by Crippen LogP contribution is 2.16. The van der Waals surface area contributed by atoms with Crippen molar-refractivity contribution in [3.05, 3.63) is 39.6 Å². The summed E-state index contributed by atoms with van der Waals surface area (Å²) in [5, 5.41) is 11.1. The predicted molar refractivity (Wildman–Crippen MR) is 66.6 cm³/mol. The van der Waals surface area contributed by atoms with Gasteiger partial charge < -0.3 is 9.67 Å². The van der Waals surface area contributed by atoms with Gasteiger partial charge in [-0.25, -0.2) is 9.78 Å². The zero-order valence-corrected chi connectivity index (χ0v) is 10.6. The molecule has 0 aliphatic heterocycles. The molecule has 0 radical (unpaired) electrons. The highest BCUT2D eigenvalue weighted by molar-refractivity contribution is 7.09. The first-order chi connectivity index (χ1) is 8.09. The van der Waals surface area contributed by atoms with Crippen molar-refractivity contribution in [2.45, 2.75) is 19.8 Å². The second kappa shape index (κ2) is 4.71. The Labute approximate surface area is 104 Å². The average Bonchev–Trinajstić information content (AvgIpc) is 2.87. The maximum atomic E-state index is 11.1. The molecule has 4 nitrogen and oxygen atoms in total. The minimum Gasteiger partial charge on any atom is -0.476 e. The number of imidazole rings is 1. The van der Waals surface area contributed by atoms with Gasteiger partial charge in [-0.15, -0.1) is 11.3 Å². The lowest BCUT2D eigenvalue weighted by molar-refractivity contribution is 0.0689. The van der Waals surface area contributed by atoms with E-state index in [0.717, 1.165) is 17.9 Å². The molecule has 0 aliphatic carbocycles. The van der Waals surface area contributed by atoms with Crippen LogP contribution in [0.25, 0.3) is 0 Å². The van der Waals surface area contributed by atoms with Crippen molar-refractivity contribution in [2.24, 2.45) is 7.05 Å². The number of rotatable bonds is 4. The Morgan fingerprint density at radius 1 is 1.53 bits per heavy atom. The molecular formula is C12H14N2O2S. The van der Waals surface area contributed by atoms with Crippen LogP contribution in [0.15, 0.2) is 17.5 Å². The highest BCUT2D eigenvalue weighted by atomic mass is 32.1. The first-order valence-electron chi connectivity index (χ1n) is 5.37. The second-order valence-corrected chi connectivity index (χ2v) is 4.93. The number of hydrogen-bond donors (Lipinski definition) is 1. The molecule has 0 bridgehead atoms. The van der Waals surface area contributed by atoms with Crippen LogP contribution >= 0.6 is 11.3 Å². The van der Waals surface area contributed by atoms with Gasteiger partial charge in [-0.05, 0) is 31.2 Å². The SMILES string of the molecule is Cc1nc(C(=O)O)c(CCc2cccs2)n1C. The van der Waals surface area contributed by atoms with Crippen LogP contribution in [0.2, 0.25) is 0 Å². The topological polar surface area (TPSA) is 55.1 Å². The summed E-state index contributed by atoms with van der Waals surface area (Å²) in [5.74, 6) is -0.210. The molecule has 2 rings (SSSR count). The molecule has 0 saturated carbocycles. The van der Waals surface area contributed by atoms with Crippen molar-refractivity contribution < 1.29 is 9.90 Å². The maximum Gasteiger partial charge on any atom is 0.356 e. The number of aromatic nitrogens is 2. The van der Waals surface area contributed by atoms with Crippen LogP contribution in [0.1, 0.15) is 26.9 Å². The summed E-state index contributed by atoms with van der Waals surface area (Å²) in [7, 11) is 1.86. The lowest BCUT2D eigenvalue weighted by atomic mass is 10.2. The number of carboxylic acids is 1. The lowest BCUT2D eigenvalue weighted by Crippen LogP contribution is -2.06. The van der Waals surface area contributed by atoms with E-state index < -0.39 is 5.97 Å². The third kappa shape index (κ3) is 2.39. The number of thiophene rings is 1. The van der Waals surface area contributed by atoms with E-state index in [0.29, 0.717) is 6.42 Å². The van der Waals surface area contributed by atoms with Gasteiger partial charge in [0.25, 0.3) is 0 Å². The predicted octanol–water partition coefficient (Wildman–Crippen LogP) is 2.27. The molecule has 90 valence electrons. The normalized spacial score (nSPS) is 10.7. The minimum absolute atomic E-state index is 0.182. The van der Waals surface area contributed by atoms with Gasteiger partial charge >= 0.3 is 5.97 Å². The number of carboxylic acid groups (broad SMARTS) is 1. The van der Waals surface area contributed by atoms with Crippen LogP contribution in [-0.4, -0.2) is 20.6 Å². The number of carbonyl (C=O) groups is 1. The maximum absolute atomic E-state index is 11.1. The van der Waals surface area contributed by atoms with Crippen molar-refractivity contribution in [3.63, 3.8) is 0 Å². The van der Waals surface area contributed by atoms with Crippen LogP contribution in [-0.2, 0) is 19.9 Å². The van der Waals surface area contributed by atoms with Crippen LogP contribution in [0.5, 0.6) is 0 Å². The molecule has 2 heterocycles. The largest absolute Gasteiger partial charge is 0.476 e. The molecule has 0 saturated heterocycles. The van der Waals surface area contributed by atoms with E-state index in [1.807, 2.05) is 30.0 Å². The smallest absolute Gasteiger partial charge is 0.356 e. The Kier molecular flexibility index (Phi) is 3.28. The van der Waals surface area contributed by atoms with E-state index >= 15 is 0 Å². The lowest BCUT2D eigenvalue weighted by Gasteiger charge is -2.03. The average molecular weight is 250 g/mol. The van der Waals surface area contributed by atoms with E-state index in [2.05, 4.69) is 11.1 Å². The number of nitrogens with zero attached hydrogens (tertiary/aromatic N) is 2. The summed E-state index contributed by atoms with van der Waals surface area (Å²) in [6, 6.07) is 4.07. The molecule has 2 aromatic rings. The summed E-state index contributed by atoms with van der Waals surface area (Å²) in [4.78, 5) is 16.4. The van der Waals surface area contributed by atoms with Gasteiger partial charge in [0.05, 0.1) is 5.69 Å². The first-order valence-corrected chi connectivity index (χ1v) is 6.25. The second-order valence-electron chi connectivity index (χ2n) is 3.90. The van der Waals surface area contributed by atoms with Gasteiger partial charge in [0.2, 0.25) is 0 Å². The molecule has 0 amide bonds. The van der Waals surface area contributed by atoms with E-state index in [9.17, 15) is 4.79 Å². The standard InChI is InChI=1S/C12H14N2O2S/c1-8-13-11(12(15)16)10(14(8)2)6-5-9-4-3-7-17-9/h3-4,7H,5-6H2,1-2H3,(H,15,16). The minimum atomic E-state index is -0.949. The fourth-order valence-corrected chi connectivity index (χ4v) is 2.52. The van der Waals surface area contributed by atoms with E-state index in [1.165, 1.54) is 4.88 Å². The van der Waals surface area contributed by atoms with Gasteiger partial charge in [-0.1, -0.05) is 6.07 Å². The number of aryl methyl sites for hydroxylation is 2. The fraction of sp³-hybridized carbons (Fsp3) is 0.333. The van der Waals surface area contributed by atoms with Gasteiger partial charge in [0.15, 0.2) is 5.69 Å². The molecule has 0 aliphatic rings. The molecule has 5 heteroatoms. The Morgan fingerprint density at radius 2 is 2.29 bits per heavy atom. The molecule has 0 spiro atoms. The summed E-state index contributed by atoms with van der Waals surface area (Å²) < 4.78 is 1.86. The molecule has 17 heavy (non-hydrogen) atoms. The molecule has 0 fully saturated rings. The van der Waals surface area contributed by atoms with Crippen LogP contribution < -0.4 is 0 Å². The van der Waals surface area contributed by atoms with Crippen molar-refractivity contribution in [1.29, 1.82) is 0 Å². The van der Waals surface area contributed by atoms with E-state index in [4.69, 9.17) is 5.11 Å². The van der Waals surface area contributed by atoms with E-state index in [-0.39, 0.29) is 5.69 Å². The van der Waals surface area contributed by atoms with Gasteiger partial charge in [-0.3, -0.25) is 0 Å². The molecule has 1 N–H and O–H groups in total. The Balaban J connectivity index is 2.22. The van der Waals surface area contributed by atoms with Crippen LogP contribution in [0.4, 0.5) is 0 Å². The Hall–Kier alpha value is -1.62. The number of aromatic carboxylic acids is 1. The summed E-state index contributed by atoms with van der Waals surface area (Å²) >= 11 is 1.69. The quantitative estimate of drug-likeness (QED) is 0.905. The third-order valence-electron chi connectivity index (χ3n) is 2.83. The first kappa shape index (κ1) is 11.9. The summed E-state index contributed by atoms with van der Waals surface area (Å²) in [5.41, 5.74) is 0.977. The third-order valence-corrected chi connectivity index (χ3v) is 3.76. The Morgan fingerprint density at radius 3 is 2.88 bits per heavy atom. The van der Waals surface area contributed by atoms with Gasteiger partial charge in [0, 0.05) is 11.9 Å². The van der Waals surface area contributed by atoms with E-state index in [1.54, 1.807) is 11.3 Å². The summed E-state index contributed by atoms with van der Waals surface area (Å²) in [6.07, 6.45) is 1.57. The molecule has 0 unspecified atom stereocenters.